The van der Waals surface area contributed by atoms with Gasteiger partial charge in [0.1, 0.15) is 11.0 Å². The predicted octanol–water partition coefficient (Wildman–Crippen LogP) is 12.6. The summed E-state index contributed by atoms with van der Waals surface area (Å²) in [7, 11) is 0. The van der Waals surface area contributed by atoms with Crippen LogP contribution in [0, 0.1) is 13.8 Å². The molecule has 2 atom stereocenters. The van der Waals surface area contributed by atoms with E-state index in [1.165, 1.54) is 22.3 Å². The summed E-state index contributed by atoms with van der Waals surface area (Å²) in [5.74, 6) is 1.21. The summed E-state index contributed by atoms with van der Waals surface area (Å²) in [5.41, 5.74) is 16.3. The molecule has 0 aliphatic carbocycles. The first kappa shape index (κ1) is 35.6. The zero-order chi connectivity index (χ0) is 40.2. The minimum Gasteiger partial charge on any atom is -0.436 e. The van der Waals surface area contributed by atoms with Crippen molar-refractivity contribution in [3.8, 4) is 22.9 Å². The zero-order valence-corrected chi connectivity index (χ0v) is 33.2. The Kier molecular flexibility index (Phi) is 8.69. The molecule has 2 unspecified atom stereocenters. The van der Waals surface area contributed by atoms with Crippen molar-refractivity contribution in [3.05, 3.63) is 203 Å². The Hall–Kier alpha value is -7.58. The van der Waals surface area contributed by atoms with Gasteiger partial charge in [-0.05, 0) is 109 Å². The highest BCUT2D eigenvalue weighted by molar-refractivity contribution is 6.04. The van der Waals surface area contributed by atoms with E-state index in [1.807, 2.05) is 48.5 Å². The first-order valence-corrected chi connectivity index (χ1v) is 20.4. The zero-order valence-electron chi connectivity index (χ0n) is 33.2. The number of nitrogens with zero attached hydrogens (tertiary/aromatic N) is 6. The number of fused-ring (bicyclic) bond motifs is 2. The van der Waals surface area contributed by atoms with Crippen molar-refractivity contribution in [3.63, 3.8) is 0 Å². The fraction of sp³-hybridized carbons (Fsp3) is 0.115. The molecular weight excluding hydrogens is 741 g/mol. The topological polar surface area (TPSA) is 83.3 Å². The molecule has 0 bridgehead atoms. The maximum absolute atomic E-state index is 6.08. The minimum absolute atomic E-state index is 0.00369. The number of hydrazone groups is 2. The van der Waals surface area contributed by atoms with E-state index in [2.05, 4.69) is 145 Å². The molecule has 9 aromatic rings. The van der Waals surface area contributed by atoms with Crippen LogP contribution in [0.2, 0.25) is 0 Å². The number of aryl methyl sites for hydroxylation is 2. The van der Waals surface area contributed by atoms with Crippen LogP contribution in [0.5, 0.6) is 0 Å². The third-order valence-corrected chi connectivity index (χ3v) is 11.6. The molecule has 0 saturated heterocycles. The van der Waals surface area contributed by atoms with Gasteiger partial charge < -0.3 is 8.83 Å². The highest BCUT2D eigenvalue weighted by atomic mass is 16.4. The van der Waals surface area contributed by atoms with Gasteiger partial charge in [-0.2, -0.15) is 10.2 Å². The van der Waals surface area contributed by atoms with Crippen LogP contribution < -0.4 is 10.0 Å². The Bertz CT molecular complexity index is 2780. The Morgan fingerprint density at radius 3 is 1.17 bits per heavy atom. The molecule has 2 aliphatic rings. The van der Waals surface area contributed by atoms with Gasteiger partial charge in [-0.25, -0.2) is 9.97 Å². The molecule has 8 nitrogen and oxygen atoms in total. The van der Waals surface area contributed by atoms with Gasteiger partial charge in [-0.1, -0.05) is 108 Å². The van der Waals surface area contributed by atoms with Gasteiger partial charge >= 0.3 is 0 Å². The fourth-order valence-electron chi connectivity index (χ4n) is 8.30. The van der Waals surface area contributed by atoms with Gasteiger partial charge in [0.25, 0.3) is 0 Å². The van der Waals surface area contributed by atoms with Crippen LogP contribution in [0.3, 0.4) is 0 Å². The number of anilines is 2. The van der Waals surface area contributed by atoms with Crippen molar-refractivity contribution in [1.82, 2.24) is 9.97 Å². The highest BCUT2D eigenvalue weighted by Gasteiger charge is 2.33. The van der Waals surface area contributed by atoms with Crippen LogP contribution in [0.4, 0.5) is 11.4 Å². The van der Waals surface area contributed by atoms with Crippen molar-refractivity contribution in [2.24, 2.45) is 10.2 Å². The van der Waals surface area contributed by atoms with E-state index in [0.717, 1.165) is 80.1 Å². The Labute approximate surface area is 347 Å². The van der Waals surface area contributed by atoms with E-state index in [0.29, 0.717) is 11.8 Å². The molecule has 0 fully saturated rings. The number of oxazole rings is 2. The van der Waals surface area contributed by atoms with Gasteiger partial charge in [0.2, 0.25) is 11.8 Å². The number of hydrogen-bond acceptors (Lipinski definition) is 8. The normalized spacial score (nSPS) is 16.5. The Morgan fingerprint density at radius 2 is 0.783 bits per heavy atom. The van der Waals surface area contributed by atoms with Crippen molar-refractivity contribution in [2.75, 3.05) is 10.0 Å². The average molecular weight is 781 g/mol. The van der Waals surface area contributed by atoms with Crippen molar-refractivity contribution >= 4 is 45.0 Å². The van der Waals surface area contributed by atoms with Crippen LogP contribution in [-0.2, 0) is 0 Å². The lowest BCUT2D eigenvalue weighted by molar-refractivity contribution is 0.619. The minimum atomic E-state index is 0.00369. The summed E-state index contributed by atoms with van der Waals surface area (Å²) in [6.45, 7) is 4.23. The summed E-state index contributed by atoms with van der Waals surface area (Å²) in [6.07, 6.45) is 1.55. The van der Waals surface area contributed by atoms with Gasteiger partial charge in [0, 0.05) is 24.0 Å². The molecule has 60 heavy (non-hydrogen) atoms. The van der Waals surface area contributed by atoms with Crippen LogP contribution in [-0.4, -0.2) is 21.4 Å². The average Bonchev–Trinajstić information content (AvgIpc) is 4.12. The number of benzene rings is 7. The van der Waals surface area contributed by atoms with Crippen LogP contribution in [0.1, 0.15) is 58.3 Å². The number of aromatic nitrogens is 2. The smallest absolute Gasteiger partial charge is 0.227 e. The molecule has 7 aromatic carbocycles. The first-order chi connectivity index (χ1) is 29.5. The third-order valence-electron chi connectivity index (χ3n) is 11.6. The second kappa shape index (κ2) is 14.7. The second-order valence-corrected chi connectivity index (χ2v) is 15.7. The molecule has 4 heterocycles. The molecule has 2 aromatic heterocycles. The molecule has 8 heteroatoms. The molecular formula is C52H40N6O2. The maximum atomic E-state index is 6.08. The molecule has 0 N–H and O–H groups in total. The Morgan fingerprint density at radius 1 is 0.417 bits per heavy atom. The lowest BCUT2D eigenvalue weighted by atomic mass is 9.94. The van der Waals surface area contributed by atoms with E-state index in [-0.39, 0.29) is 12.1 Å². The van der Waals surface area contributed by atoms with Gasteiger partial charge in [-0.3, -0.25) is 10.0 Å². The SMILES string of the molecule is Cc1ccc(C2=NN(c3ccc(-c4nc5ccccc5o4)cc3)C(c3ccc(C4CC(c5ccc(C)cc5)=NN4c4ccc(-c5nc6ccccc6o5)cc4)cc3)C2)cc1. The van der Waals surface area contributed by atoms with Crippen molar-refractivity contribution in [2.45, 2.75) is 38.8 Å². The van der Waals surface area contributed by atoms with Gasteiger partial charge in [-0.15, -0.1) is 0 Å². The number of para-hydroxylation sites is 4. The lowest BCUT2D eigenvalue weighted by Crippen LogP contribution is -2.20. The van der Waals surface area contributed by atoms with Crippen LogP contribution in [0.25, 0.3) is 45.1 Å². The largest absolute Gasteiger partial charge is 0.436 e. The molecule has 11 rings (SSSR count). The molecule has 0 saturated carbocycles. The van der Waals surface area contributed by atoms with Gasteiger partial charge in [0.05, 0.1) is 34.9 Å². The summed E-state index contributed by atoms with van der Waals surface area (Å²) in [6, 6.07) is 58.8. The van der Waals surface area contributed by atoms with Crippen LogP contribution in [0.15, 0.2) is 189 Å². The molecule has 0 spiro atoms. The van der Waals surface area contributed by atoms with Gasteiger partial charge in [0.15, 0.2) is 11.2 Å². The summed E-state index contributed by atoms with van der Waals surface area (Å²) < 4.78 is 12.2. The van der Waals surface area contributed by atoms with E-state index in [9.17, 15) is 0 Å². The fourth-order valence-corrected chi connectivity index (χ4v) is 8.30. The van der Waals surface area contributed by atoms with E-state index in [1.54, 1.807) is 0 Å². The standard InChI is InChI=1S/C52H40N6O2/c1-33-11-15-35(16-12-33)45-31-47(57(55-45)41-27-23-39(24-28-41)51-53-43-7-3-5-9-49(43)59-51)37-19-21-38(22-20-37)48-32-46(36-17-13-34(2)14-18-36)56-58(48)42-29-25-40(26-30-42)52-54-44-8-4-6-10-50(44)60-52/h3-30,47-48H,31-32H2,1-2H3. The number of rotatable bonds is 8. The quantitative estimate of drug-likeness (QED) is 0.153. The third kappa shape index (κ3) is 6.62. The monoisotopic (exact) mass is 780 g/mol. The van der Waals surface area contributed by atoms with E-state index < -0.39 is 0 Å². The summed E-state index contributed by atoms with van der Waals surface area (Å²) in [5, 5.41) is 14.9. The maximum Gasteiger partial charge on any atom is 0.227 e. The summed E-state index contributed by atoms with van der Waals surface area (Å²) >= 11 is 0. The number of hydrogen-bond donors (Lipinski definition) is 0. The lowest BCUT2D eigenvalue weighted by Gasteiger charge is -2.26. The highest BCUT2D eigenvalue weighted by Crippen LogP contribution is 2.41. The second-order valence-electron chi connectivity index (χ2n) is 15.7. The van der Waals surface area contributed by atoms with Crippen molar-refractivity contribution in [1.29, 1.82) is 0 Å². The molecule has 0 amide bonds. The molecule has 0 radical (unpaired) electrons. The molecule has 290 valence electrons. The molecule has 2 aliphatic heterocycles. The summed E-state index contributed by atoms with van der Waals surface area (Å²) in [4.78, 5) is 9.44. The van der Waals surface area contributed by atoms with Crippen LogP contribution >= 0.6 is 0 Å². The first-order valence-electron chi connectivity index (χ1n) is 20.4. The van der Waals surface area contributed by atoms with E-state index in [4.69, 9.17) is 29.0 Å². The van der Waals surface area contributed by atoms with Crippen molar-refractivity contribution < 1.29 is 8.83 Å². The van der Waals surface area contributed by atoms with E-state index >= 15 is 0 Å². The predicted molar refractivity (Wildman–Crippen MR) is 240 cm³/mol. The Balaban J connectivity index is 0.904.